The standard InChI is InChI=1S/C25H29N3O5/c1-30-20-14-18(15-21(31-2)23(20)32-3)25(29)28(19-12-8-5-9-13-19)16-22-26-24(27-33-22)17-10-6-4-7-11-17/h4,6-7,10-11,14-15,19H,5,8-9,12-13,16H2,1-3H3. The Labute approximate surface area is 193 Å². The van der Waals surface area contributed by atoms with Crippen LogP contribution in [0.4, 0.5) is 0 Å². The highest BCUT2D eigenvalue weighted by Gasteiger charge is 2.30. The highest BCUT2D eigenvalue weighted by Crippen LogP contribution is 2.39. The number of aromatic nitrogens is 2. The Morgan fingerprint density at radius 1 is 1.00 bits per heavy atom. The normalized spacial score (nSPS) is 14.0. The molecule has 0 saturated heterocycles. The second kappa shape index (κ2) is 10.4. The maximum absolute atomic E-state index is 13.7. The summed E-state index contributed by atoms with van der Waals surface area (Å²) in [5.74, 6) is 2.10. The van der Waals surface area contributed by atoms with Crippen LogP contribution in [0.5, 0.6) is 17.2 Å². The minimum absolute atomic E-state index is 0.0948. The van der Waals surface area contributed by atoms with Gasteiger partial charge in [-0.2, -0.15) is 4.98 Å². The Morgan fingerprint density at radius 2 is 1.67 bits per heavy atom. The summed E-state index contributed by atoms with van der Waals surface area (Å²) < 4.78 is 21.8. The first kappa shape index (κ1) is 22.6. The van der Waals surface area contributed by atoms with Crippen LogP contribution in [-0.2, 0) is 6.54 Å². The zero-order chi connectivity index (χ0) is 23.2. The van der Waals surface area contributed by atoms with E-state index in [4.69, 9.17) is 18.7 Å². The maximum Gasteiger partial charge on any atom is 0.254 e. The summed E-state index contributed by atoms with van der Waals surface area (Å²) in [5.41, 5.74) is 1.32. The quantitative estimate of drug-likeness (QED) is 0.489. The molecule has 1 aromatic heterocycles. The van der Waals surface area contributed by atoms with Gasteiger partial charge in [0.05, 0.1) is 21.3 Å². The Balaban J connectivity index is 1.65. The molecule has 0 atom stereocenters. The van der Waals surface area contributed by atoms with Gasteiger partial charge in [0.25, 0.3) is 5.91 Å². The predicted octanol–water partition coefficient (Wildman–Crippen LogP) is 4.74. The molecule has 1 amide bonds. The molecule has 0 bridgehead atoms. The molecule has 1 fully saturated rings. The van der Waals surface area contributed by atoms with E-state index in [9.17, 15) is 4.79 Å². The van der Waals surface area contributed by atoms with Gasteiger partial charge in [0, 0.05) is 17.2 Å². The summed E-state index contributed by atoms with van der Waals surface area (Å²) in [6.45, 7) is 0.236. The molecule has 1 saturated carbocycles. The Hall–Kier alpha value is -3.55. The molecule has 0 N–H and O–H groups in total. The van der Waals surface area contributed by atoms with Crippen LogP contribution >= 0.6 is 0 Å². The number of carbonyl (C=O) groups excluding carboxylic acids is 1. The Bertz CT molecular complexity index is 1050. The van der Waals surface area contributed by atoms with Gasteiger partial charge in [-0.05, 0) is 25.0 Å². The minimum atomic E-state index is -0.138. The first-order valence-corrected chi connectivity index (χ1v) is 11.1. The van der Waals surface area contributed by atoms with Gasteiger partial charge >= 0.3 is 0 Å². The molecule has 2 aromatic carbocycles. The SMILES string of the molecule is COc1cc(C(=O)N(Cc2nc(-c3ccccc3)no2)C2CCCCC2)cc(OC)c1OC. The van der Waals surface area contributed by atoms with Crippen LogP contribution in [0.25, 0.3) is 11.4 Å². The molecule has 0 spiro atoms. The molecule has 3 aromatic rings. The van der Waals surface area contributed by atoms with Gasteiger partial charge < -0.3 is 23.6 Å². The number of carbonyl (C=O) groups is 1. The largest absolute Gasteiger partial charge is 0.493 e. The molecular formula is C25H29N3O5. The van der Waals surface area contributed by atoms with E-state index < -0.39 is 0 Å². The van der Waals surface area contributed by atoms with E-state index in [0.717, 1.165) is 31.2 Å². The number of hydrogen-bond donors (Lipinski definition) is 0. The Morgan fingerprint density at radius 3 is 2.27 bits per heavy atom. The molecule has 0 aliphatic heterocycles. The number of ether oxygens (including phenoxy) is 3. The number of nitrogens with zero attached hydrogens (tertiary/aromatic N) is 3. The third kappa shape index (κ3) is 4.94. The highest BCUT2D eigenvalue weighted by molar-refractivity contribution is 5.96. The average Bonchev–Trinajstić information content (AvgIpc) is 3.35. The van der Waals surface area contributed by atoms with Crippen molar-refractivity contribution in [3.63, 3.8) is 0 Å². The number of amides is 1. The van der Waals surface area contributed by atoms with Crippen molar-refractivity contribution in [2.75, 3.05) is 21.3 Å². The average molecular weight is 452 g/mol. The van der Waals surface area contributed by atoms with E-state index in [1.165, 1.54) is 27.8 Å². The van der Waals surface area contributed by atoms with E-state index in [-0.39, 0.29) is 18.5 Å². The van der Waals surface area contributed by atoms with Gasteiger partial charge in [0.15, 0.2) is 11.5 Å². The number of methoxy groups -OCH3 is 3. The molecule has 1 heterocycles. The summed E-state index contributed by atoms with van der Waals surface area (Å²) >= 11 is 0. The Kier molecular flexibility index (Phi) is 7.12. The summed E-state index contributed by atoms with van der Waals surface area (Å²) in [4.78, 5) is 20.1. The second-order valence-corrected chi connectivity index (χ2v) is 8.02. The zero-order valence-electron chi connectivity index (χ0n) is 19.2. The van der Waals surface area contributed by atoms with Crippen molar-refractivity contribution in [2.24, 2.45) is 0 Å². The van der Waals surface area contributed by atoms with Crippen LogP contribution in [-0.4, -0.2) is 48.3 Å². The third-order valence-electron chi connectivity index (χ3n) is 5.99. The minimum Gasteiger partial charge on any atom is -0.493 e. The van der Waals surface area contributed by atoms with Crippen molar-refractivity contribution < 1.29 is 23.5 Å². The number of hydrogen-bond acceptors (Lipinski definition) is 7. The van der Waals surface area contributed by atoms with Crippen molar-refractivity contribution >= 4 is 5.91 Å². The molecular weight excluding hydrogens is 422 g/mol. The lowest BCUT2D eigenvalue weighted by Gasteiger charge is -2.33. The molecule has 174 valence electrons. The molecule has 0 unspecified atom stereocenters. The van der Waals surface area contributed by atoms with Gasteiger partial charge in [-0.1, -0.05) is 54.8 Å². The third-order valence-corrected chi connectivity index (χ3v) is 5.99. The van der Waals surface area contributed by atoms with Gasteiger partial charge in [0.2, 0.25) is 17.5 Å². The van der Waals surface area contributed by atoms with Crippen LogP contribution in [0, 0.1) is 0 Å². The van der Waals surface area contributed by atoms with Crippen molar-refractivity contribution in [1.29, 1.82) is 0 Å². The fraction of sp³-hybridized carbons (Fsp3) is 0.400. The van der Waals surface area contributed by atoms with Gasteiger partial charge in [-0.3, -0.25) is 4.79 Å². The predicted molar refractivity (Wildman–Crippen MR) is 123 cm³/mol. The fourth-order valence-electron chi connectivity index (χ4n) is 4.30. The van der Waals surface area contributed by atoms with Gasteiger partial charge in [-0.25, -0.2) is 0 Å². The second-order valence-electron chi connectivity index (χ2n) is 8.02. The summed E-state index contributed by atoms with van der Waals surface area (Å²) in [6, 6.07) is 13.1. The fourth-order valence-corrected chi connectivity index (χ4v) is 4.30. The molecule has 33 heavy (non-hydrogen) atoms. The monoisotopic (exact) mass is 451 g/mol. The lowest BCUT2D eigenvalue weighted by molar-refractivity contribution is 0.0585. The van der Waals surface area contributed by atoms with E-state index in [1.807, 2.05) is 35.2 Å². The van der Waals surface area contributed by atoms with E-state index in [2.05, 4.69) is 10.1 Å². The maximum atomic E-state index is 13.7. The summed E-state index contributed by atoms with van der Waals surface area (Å²) in [7, 11) is 4.61. The lowest BCUT2D eigenvalue weighted by Crippen LogP contribution is -2.41. The smallest absolute Gasteiger partial charge is 0.254 e. The lowest BCUT2D eigenvalue weighted by atomic mass is 9.93. The molecule has 0 radical (unpaired) electrons. The van der Waals surface area contributed by atoms with Crippen molar-refractivity contribution in [1.82, 2.24) is 15.0 Å². The molecule has 4 rings (SSSR count). The molecule has 8 heteroatoms. The summed E-state index contributed by atoms with van der Waals surface area (Å²) in [6.07, 6.45) is 5.23. The van der Waals surface area contributed by atoms with Crippen LogP contribution < -0.4 is 14.2 Å². The van der Waals surface area contributed by atoms with Crippen LogP contribution in [0.15, 0.2) is 47.0 Å². The van der Waals surface area contributed by atoms with E-state index >= 15 is 0 Å². The van der Waals surface area contributed by atoms with E-state index in [1.54, 1.807) is 12.1 Å². The van der Waals surface area contributed by atoms with Gasteiger partial charge in [0.1, 0.15) is 6.54 Å². The molecule has 1 aliphatic rings. The zero-order valence-corrected chi connectivity index (χ0v) is 19.2. The highest BCUT2D eigenvalue weighted by atomic mass is 16.5. The van der Waals surface area contributed by atoms with Crippen LogP contribution in [0.2, 0.25) is 0 Å². The van der Waals surface area contributed by atoms with Crippen molar-refractivity contribution in [3.8, 4) is 28.6 Å². The van der Waals surface area contributed by atoms with Crippen LogP contribution in [0.1, 0.15) is 48.4 Å². The van der Waals surface area contributed by atoms with Crippen molar-refractivity contribution in [2.45, 2.75) is 44.7 Å². The van der Waals surface area contributed by atoms with Crippen LogP contribution in [0.3, 0.4) is 0 Å². The molecule has 8 nitrogen and oxygen atoms in total. The van der Waals surface area contributed by atoms with Gasteiger partial charge in [-0.15, -0.1) is 0 Å². The molecule has 1 aliphatic carbocycles. The number of benzene rings is 2. The topological polar surface area (TPSA) is 86.9 Å². The summed E-state index contributed by atoms with van der Waals surface area (Å²) in [5, 5.41) is 4.11. The first-order chi connectivity index (χ1) is 16.1. The van der Waals surface area contributed by atoms with Crippen molar-refractivity contribution in [3.05, 3.63) is 53.9 Å². The number of rotatable bonds is 8. The van der Waals surface area contributed by atoms with E-state index in [0.29, 0.717) is 34.5 Å². The first-order valence-electron chi connectivity index (χ1n) is 11.1.